The second kappa shape index (κ2) is 12.3. The number of rotatable bonds is 8. The first-order valence-electron chi connectivity index (χ1n) is 19.7. The van der Waals surface area contributed by atoms with Crippen LogP contribution >= 0.6 is 0 Å². The number of benzene rings is 4. The molecule has 7 aromatic rings. The molecule has 0 saturated heterocycles. The first-order chi connectivity index (χ1) is 26.1. The summed E-state index contributed by atoms with van der Waals surface area (Å²) in [7, 11) is 0. The Morgan fingerprint density at radius 2 is 1.54 bits per heavy atom. The van der Waals surface area contributed by atoms with Crippen LogP contribution in [-0.4, -0.2) is 4.57 Å². The molecule has 2 aliphatic rings. The fourth-order valence-electron chi connectivity index (χ4n) is 10.7. The first-order valence-corrected chi connectivity index (χ1v) is 19.7. The third-order valence-electron chi connectivity index (χ3n) is 13.7. The summed E-state index contributed by atoms with van der Waals surface area (Å²) < 4.78 is 14.4. The summed E-state index contributed by atoms with van der Waals surface area (Å²) in [6.07, 6.45) is 10.4. The van der Waals surface area contributed by atoms with Crippen molar-refractivity contribution in [1.29, 1.82) is 0 Å². The largest absolute Gasteiger partial charge is 0.455 e. The average molecular weight is 710 g/mol. The molecule has 5 heterocycles. The van der Waals surface area contributed by atoms with Gasteiger partial charge in [0.2, 0.25) is 5.69 Å². The van der Waals surface area contributed by atoms with E-state index in [-0.39, 0.29) is 17.0 Å². The maximum atomic E-state index is 6.71. The molecular formula is C50H51N3O+2. The molecule has 4 aromatic carbocycles. The van der Waals surface area contributed by atoms with Crippen molar-refractivity contribution in [3.63, 3.8) is 0 Å². The number of aromatic nitrogens is 3. The number of nitrogens with zero attached hydrogens (tertiary/aromatic N) is 3. The molecule has 0 radical (unpaired) electrons. The van der Waals surface area contributed by atoms with Crippen LogP contribution in [0.1, 0.15) is 97.3 Å². The van der Waals surface area contributed by atoms with Crippen molar-refractivity contribution in [3.8, 4) is 28.3 Å². The smallest absolute Gasteiger partial charge is 0.295 e. The summed E-state index contributed by atoms with van der Waals surface area (Å²) in [5, 5.41) is 2.36. The zero-order valence-electron chi connectivity index (χ0n) is 32.9. The molecule has 9 rings (SSSR count). The molecule has 0 bridgehead atoms. The van der Waals surface area contributed by atoms with Gasteiger partial charge in [0.1, 0.15) is 22.4 Å². The minimum Gasteiger partial charge on any atom is -0.455 e. The van der Waals surface area contributed by atoms with E-state index in [0.717, 1.165) is 48.2 Å². The molecule has 3 unspecified atom stereocenters. The van der Waals surface area contributed by atoms with Crippen LogP contribution < -0.4 is 9.13 Å². The average Bonchev–Trinajstić information content (AvgIpc) is 3.83. The molecule has 2 aliphatic heterocycles. The fraction of sp³-hybridized carbons (Fsp3) is 0.280. The molecule has 4 nitrogen and oxygen atoms in total. The van der Waals surface area contributed by atoms with E-state index >= 15 is 0 Å². The summed E-state index contributed by atoms with van der Waals surface area (Å²) in [5.41, 5.74) is 16.6. The van der Waals surface area contributed by atoms with E-state index in [2.05, 4.69) is 173 Å². The van der Waals surface area contributed by atoms with E-state index in [4.69, 9.17) is 4.42 Å². The SMILES string of the molecule is C=Cc1c(C=C)[n+]2c(n1-c1c(C)cccc1C)-c1ccccc1C(CC)(CCC1c3ccc4c(oc5ccccc54)c3-c3cc(C)c(C)c[n+]31)C2(C)CC. The van der Waals surface area contributed by atoms with Gasteiger partial charge in [-0.1, -0.05) is 87.7 Å². The number of aryl methyl sites for hydroxylation is 4. The van der Waals surface area contributed by atoms with E-state index in [9.17, 15) is 0 Å². The Balaban J connectivity index is 1.26. The van der Waals surface area contributed by atoms with Crippen LogP contribution in [0.5, 0.6) is 0 Å². The van der Waals surface area contributed by atoms with Gasteiger partial charge in [-0.3, -0.25) is 0 Å². The second-order valence-electron chi connectivity index (χ2n) is 16.0. The maximum absolute atomic E-state index is 6.71. The van der Waals surface area contributed by atoms with Crippen LogP contribution in [0.15, 0.2) is 109 Å². The molecule has 0 N–H and O–H groups in total. The molecule has 0 fully saturated rings. The number of para-hydroxylation sites is 2. The lowest BCUT2D eigenvalue weighted by Gasteiger charge is -2.50. The van der Waals surface area contributed by atoms with Gasteiger partial charge in [-0.05, 0) is 106 Å². The second-order valence-corrected chi connectivity index (χ2v) is 16.0. The van der Waals surface area contributed by atoms with Gasteiger partial charge in [-0.15, -0.1) is 0 Å². The number of furan rings is 1. The lowest BCUT2D eigenvalue weighted by atomic mass is 9.57. The van der Waals surface area contributed by atoms with Gasteiger partial charge in [0, 0.05) is 39.8 Å². The summed E-state index contributed by atoms with van der Waals surface area (Å²) in [6.45, 7) is 25.1. The highest BCUT2D eigenvalue weighted by Gasteiger charge is 2.60. The van der Waals surface area contributed by atoms with Gasteiger partial charge < -0.3 is 4.42 Å². The highest BCUT2D eigenvalue weighted by atomic mass is 16.3. The highest BCUT2D eigenvalue weighted by molar-refractivity contribution is 6.10. The van der Waals surface area contributed by atoms with Crippen LogP contribution in [0.3, 0.4) is 0 Å². The van der Waals surface area contributed by atoms with E-state index in [1.807, 2.05) is 6.08 Å². The van der Waals surface area contributed by atoms with Crippen molar-refractivity contribution in [3.05, 3.63) is 149 Å². The number of hydrogen-bond donors (Lipinski definition) is 0. The van der Waals surface area contributed by atoms with Gasteiger partial charge in [-0.25, -0.2) is 4.57 Å². The molecule has 0 amide bonds. The van der Waals surface area contributed by atoms with Crippen LogP contribution in [0.4, 0.5) is 0 Å². The summed E-state index contributed by atoms with van der Waals surface area (Å²) in [4.78, 5) is 0. The minimum atomic E-state index is -0.268. The summed E-state index contributed by atoms with van der Waals surface area (Å²) in [6, 6.07) is 31.5. The number of fused-ring (bicyclic) bond motifs is 10. The summed E-state index contributed by atoms with van der Waals surface area (Å²) >= 11 is 0. The highest BCUT2D eigenvalue weighted by Crippen LogP contribution is 2.55. The van der Waals surface area contributed by atoms with Crippen molar-refractivity contribution in [1.82, 2.24) is 4.57 Å². The monoisotopic (exact) mass is 709 g/mol. The zero-order chi connectivity index (χ0) is 37.7. The van der Waals surface area contributed by atoms with Gasteiger partial charge >= 0.3 is 0 Å². The molecule has 3 aromatic heterocycles. The number of pyridine rings is 1. The molecule has 0 saturated carbocycles. The Morgan fingerprint density at radius 3 is 2.26 bits per heavy atom. The van der Waals surface area contributed by atoms with Gasteiger partial charge in [0.15, 0.2) is 23.6 Å². The van der Waals surface area contributed by atoms with Crippen LogP contribution in [0, 0.1) is 27.7 Å². The van der Waals surface area contributed by atoms with Crippen molar-refractivity contribution in [2.24, 2.45) is 0 Å². The van der Waals surface area contributed by atoms with Crippen molar-refractivity contribution in [2.45, 2.75) is 91.1 Å². The molecule has 3 atom stereocenters. The lowest BCUT2D eigenvalue weighted by molar-refractivity contribution is -0.767. The quantitative estimate of drug-likeness (QED) is 0.144. The van der Waals surface area contributed by atoms with E-state index < -0.39 is 0 Å². The van der Waals surface area contributed by atoms with Crippen LogP contribution in [-0.2, 0) is 11.0 Å². The molecule has 270 valence electrons. The Morgan fingerprint density at radius 1 is 0.796 bits per heavy atom. The van der Waals surface area contributed by atoms with Gasteiger partial charge in [0.25, 0.3) is 5.82 Å². The normalized spacial score (nSPS) is 19.8. The third-order valence-corrected chi connectivity index (χ3v) is 13.7. The van der Waals surface area contributed by atoms with E-state index in [1.165, 1.54) is 72.5 Å². The number of hydrogen-bond acceptors (Lipinski definition) is 1. The fourth-order valence-corrected chi connectivity index (χ4v) is 10.7. The molecule has 54 heavy (non-hydrogen) atoms. The predicted octanol–water partition coefficient (Wildman–Crippen LogP) is 12.0. The van der Waals surface area contributed by atoms with Crippen LogP contribution in [0.25, 0.3) is 62.4 Å². The topological polar surface area (TPSA) is 25.8 Å². The Hall–Kier alpha value is -5.48. The molecule has 4 heteroatoms. The van der Waals surface area contributed by atoms with Crippen molar-refractivity contribution < 1.29 is 13.6 Å². The standard InChI is InChI=1S/C50H51N3O/c1-10-40-41(11-2)53-48(52(40)46-31(5)19-18-20-32(46)6)37-22-14-16-23-39(37)50(13-4,49(53,9)12-3)28-27-42-38-26-25-36-35-21-15-17-24-44(35)54-47(36)45(38)43-29-33(7)34(8)30-51(42)43/h10-11,14-26,29-30,42H,1-2,12-13,27-28H2,3-9H3/q+2. The minimum absolute atomic E-state index is 0.175. The Kier molecular flexibility index (Phi) is 7.80. The number of imidazole rings is 1. The van der Waals surface area contributed by atoms with Crippen LogP contribution in [0.2, 0.25) is 0 Å². The zero-order valence-corrected chi connectivity index (χ0v) is 32.9. The molecule has 0 aliphatic carbocycles. The molecule has 0 spiro atoms. The van der Waals surface area contributed by atoms with Crippen molar-refractivity contribution >= 4 is 34.1 Å². The lowest BCUT2D eigenvalue weighted by Crippen LogP contribution is -2.69. The van der Waals surface area contributed by atoms with E-state index in [1.54, 1.807) is 0 Å². The predicted molar refractivity (Wildman–Crippen MR) is 223 cm³/mol. The first kappa shape index (κ1) is 34.3. The summed E-state index contributed by atoms with van der Waals surface area (Å²) in [5.74, 6) is 1.21. The van der Waals surface area contributed by atoms with Crippen molar-refractivity contribution in [2.75, 3.05) is 0 Å². The third kappa shape index (κ3) is 4.37. The maximum Gasteiger partial charge on any atom is 0.295 e. The molecular weight excluding hydrogens is 659 g/mol. The van der Waals surface area contributed by atoms with Gasteiger partial charge in [-0.2, -0.15) is 9.13 Å². The Bertz CT molecular complexity index is 2680. The Labute approximate surface area is 319 Å². The van der Waals surface area contributed by atoms with E-state index in [0.29, 0.717) is 0 Å². The van der Waals surface area contributed by atoms with Gasteiger partial charge in [0.05, 0.1) is 11.1 Å².